The minimum Gasteiger partial charge on any atom is -0.494 e. The Labute approximate surface area is 166 Å². The van der Waals surface area contributed by atoms with Crippen molar-refractivity contribution in [2.45, 2.75) is 39.5 Å². The summed E-state index contributed by atoms with van der Waals surface area (Å²) in [6.07, 6.45) is 4.10. The molecule has 0 atom stereocenters. The molecule has 6 heteroatoms. The van der Waals surface area contributed by atoms with Crippen LogP contribution in [0.25, 0.3) is 0 Å². The summed E-state index contributed by atoms with van der Waals surface area (Å²) in [4.78, 5) is 24.3. The molecule has 0 bridgehead atoms. The zero-order valence-electron chi connectivity index (χ0n) is 16.5. The number of nitrogens with one attached hydrogen (secondary N) is 2. The van der Waals surface area contributed by atoms with Crippen LogP contribution in [0.5, 0.6) is 11.5 Å². The van der Waals surface area contributed by atoms with E-state index < -0.39 is 11.8 Å². The lowest BCUT2D eigenvalue weighted by atomic mass is 10.2. The van der Waals surface area contributed by atoms with Crippen molar-refractivity contribution < 1.29 is 19.1 Å². The summed E-state index contributed by atoms with van der Waals surface area (Å²) in [5, 5.41) is 0. The SMILES string of the molecule is CCCCOc1ccc(C(=O)NNC(=O)c2ccc(OCCCC)cc2)cc1. The third-order valence-electron chi connectivity index (χ3n) is 4.06. The number of hydrogen-bond acceptors (Lipinski definition) is 4. The van der Waals surface area contributed by atoms with Crippen molar-refractivity contribution in [1.82, 2.24) is 10.9 Å². The predicted molar refractivity (Wildman–Crippen MR) is 109 cm³/mol. The predicted octanol–water partition coefficient (Wildman–Crippen LogP) is 4.12. The fraction of sp³-hybridized carbons (Fsp3) is 0.364. The maximum atomic E-state index is 12.2. The zero-order chi connectivity index (χ0) is 20.2. The molecular weight excluding hydrogens is 356 g/mol. The molecule has 0 unspecified atom stereocenters. The summed E-state index contributed by atoms with van der Waals surface area (Å²) in [6.45, 7) is 5.50. The largest absolute Gasteiger partial charge is 0.494 e. The van der Waals surface area contributed by atoms with Gasteiger partial charge in [-0.25, -0.2) is 0 Å². The van der Waals surface area contributed by atoms with Gasteiger partial charge in [0.25, 0.3) is 11.8 Å². The third-order valence-corrected chi connectivity index (χ3v) is 4.06. The Morgan fingerprint density at radius 3 is 1.36 bits per heavy atom. The minimum atomic E-state index is -0.395. The molecule has 2 aromatic rings. The van der Waals surface area contributed by atoms with Crippen molar-refractivity contribution in [2.75, 3.05) is 13.2 Å². The van der Waals surface area contributed by atoms with Crippen molar-refractivity contribution in [1.29, 1.82) is 0 Å². The molecule has 0 fully saturated rings. The number of hydrogen-bond donors (Lipinski definition) is 2. The smallest absolute Gasteiger partial charge is 0.269 e. The maximum Gasteiger partial charge on any atom is 0.269 e. The van der Waals surface area contributed by atoms with Crippen molar-refractivity contribution in [2.24, 2.45) is 0 Å². The fourth-order valence-electron chi connectivity index (χ4n) is 2.33. The number of unbranched alkanes of at least 4 members (excludes halogenated alkanes) is 2. The van der Waals surface area contributed by atoms with Crippen LogP contribution in [-0.2, 0) is 0 Å². The Morgan fingerprint density at radius 2 is 1.04 bits per heavy atom. The molecule has 0 radical (unpaired) electrons. The highest BCUT2D eigenvalue weighted by Crippen LogP contribution is 2.14. The van der Waals surface area contributed by atoms with E-state index in [2.05, 4.69) is 24.7 Å². The fourth-order valence-corrected chi connectivity index (χ4v) is 2.33. The molecule has 0 heterocycles. The Balaban J connectivity index is 1.80. The van der Waals surface area contributed by atoms with Gasteiger partial charge in [0.15, 0.2) is 0 Å². The van der Waals surface area contributed by atoms with Gasteiger partial charge in [-0.3, -0.25) is 20.4 Å². The second-order valence-electron chi connectivity index (χ2n) is 6.36. The number of carbonyl (C=O) groups is 2. The number of hydrazine groups is 1. The third kappa shape index (κ3) is 6.95. The van der Waals surface area contributed by atoms with E-state index in [1.54, 1.807) is 48.5 Å². The number of benzene rings is 2. The molecule has 2 aromatic carbocycles. The summed E-state index contributed by atoms with van der Waals surface area (Å²) in [5.41, 5.74) is 5.70. The van der Waals surface area contributed by atoms with E-state index in [1.807, 2.05) is 0 Å². The minimum absolute atomic E-state index is 0.395. The molecule has 0 saturated heterocycles. The molecule has 150 valence electrons. The first-order valence-electron chi connectivity index (χ1n) is 9.70. The van der Waals surface area contributed by atoms with Gasteiger partial charge in [0, 0.05) is 11.1 Å². The topological polar surface area (TPSA) is 76.7 Å². The van der Waals surface area contributed by atoms with Crippen LogP contribution in [0.3, 0.4) is 0 Å². The van der Waals surface area contributed by atoms with E-state index in [1.165, 1.54) is 0 Å². The van der Waals surface area contributed by atoms with Crippen LogP contribution in [0.2, 0.25) is 0 Å². The molecule has 28 heavy (non-hydrogen) atoms. The number of amides is 2. The average Bonchev–Trinajstić information content (AvgIpc) is 2.73. The Hall–Kier alpha value is -3.02. The van der Waals surface area contributed by atoms with Crippen LogP contribution < -0.4 is 20.3 Å². The van der Waals surface area contributed by atoms with Crippen molar-refractivity contribution >= 4 is 11.8 Å². The lowest BCUT2D eigenvalue weighted by Crippen LogP contribution is -2.41. The molecule has 0 aliphatic rings. The van der Waals surface area contributed by atoms with E-state index in [-0.39, 0.29) is 0 Å². The van der Waals surface area contributed by atoms with Gasteiger partial charge in [0.05, 0.1) is 13.2 Å². The molecule has 2 amide bonds. The molecule has 0 aliphatic heterocycles. The number of carbonyl (C=O) groups excluding carboxylic acids is 2. The van der Waals surface area contributed by atoms with E-state index >= 15 is 0 Å². The monoisotopic (exact) mass is 384 g/mol. The number of rotatable bonds is 10. The Kier molecular flexibility index (Phi) is 8.85. The second-order valence-corrected chi connectivity index (χ2v) is 6.36. The van der Waals surface area contributed by atoms with Gasteiger partial charge in [-0.15, -0.1) is 0 Å². The van der Waals surface area contributed by atoms with E-state index in [4.69, 9.17) is 9.47 Å². The summed E-state index contributed by atoms with van der Waals surface area (Å²) >= 11 is 0. The van der Waals surface area contributed by atoms with Crippen LogP contribution in [0.15, 0.2) is 48.5 Å². The van der Waals surface area contributed by atoms with Crippen LogP contribution in [0, 0.1) is 0 Å². The zero-order valence-corrected chi connectivity index (χ0v) is 16.5. The van der Waals surface area contributed by atoms with Gasteiger partial charge in [-0.2, -0.15) is 0 Å². The summed E-state index contributed by atoms with van der Waals surface area (Å²) < 4.78 is 11.1. The van der Waals surface area contributed by atoms with Crippen LogP contribution >= 0.6 is 0 Å². The molecule has 0 aliphatic carbocycles. The maximum absolute atomic E-state index is 12.2. The van der Waals surface area contributed by atoms with Gasteiger partial charge >= 0.3 is 0 Å². The normalized spacial score (nSPS) is 10.2. The molecule has 2 N–H and O–H groups in total. The van der Waals surface area contributed by atoms with Crippen LogP contribution in [0.4, 0.5) is 0 Å². The van der Waals surface area contributed by atoms with Crippen LogP contribution in [-0.4, -0.2) is 25.0 Å². The first-order chi connectivity index (χ1) is 13.6. The first-order valence-corrected chi connectivity index (χ1v) is 9.70. The lowest BCUT2D eigenvalue weighted by Gasteiger charge is -2.09. The number of ether oxygens (including phenoxy) is 2. The average molecular weight is 384 g/mol. The standard InChI is InChI=1S/C22H28N2O4/c1-3-5-15-27-19-11-7-17(8-12-19)21(25)23-24-22(26)18-9-13-20(14-10-18)28-16-6-4-2/h7-14H,3-6,15-16H2,1-2H3,(H,23,25)(H,24,26). The Bertz CT molecular complexity index is 677. The van der Waals surface area contributed by atoms with E-state index in [9.17, 15) is 9.59 Å². The molecular formula is C22H28N2O4. The summed E-state index contributed by atoms with van der Waals surface area (Å²) in [7, 11) is 0. The lowest BCUT2D eigenvalue weighted by molar-refractivity contribution is 0.0846. The highest BCUT2D eigenvalue weighted by atomic mass is 16.5. The molecule has 0 saturated carbocycles. The van der Waals surface area contributed by atoms with Crippen molar-refractivity contribution in [3.63, 3.8) is 0 Å². The summed E-state index contributed by atoms with van der Waals surface area (Å²) in [5.74, 6) is 0.645. The van der Waals surface area contributed by atoms with Gasteiger partial charge in [0.2, 0.25) is 0 Å². The quantitative estimate of drug-likeness (QED) is 0.477. The molecule has 2 rings (SSSR count). The van der Waals surface area contributed by atoms with E-state index in [0.29, 0.717) is 24.3 Å². The van der Waals surface area contributed by atoms with Crippen molar-refractivity contribution in [3.8, 4) is 11.5 Å². The highest BCUT2D eigenvalue weighted by Gasteiger charge is 2.09. The van der Waals surface area contributed by atoms with Crippen LogP contribution in [0.1, 0.15) is 60.2 Å². The van der Waals surface area contributed by atoms with Gasteiger partial charge in [-0.1, -0.05) is 26.7 Å². The van der Waals surface area contributed by atoms with Gasteiger partial charge in [0.1, 0.15) is 11.5 Å². The van der Waals surface area contributed by atoms with Crippen molar-refractivity contribution in [3.05, 3.63) is 59.7 Å². The first kappa shape index (κ1) is 21.3. The second kappa shape index (κ2) is 11.6. The molecule has 6 nitrogen and oxygen atoms in total. The highest BCUT2D eigenvalue weighted by molar-refractivity contribution is 5.99. The summed E-state index contributed by atoms with van der Waals surface area (Å²) in [6, 6.07) is 13.6. The Morgan fingerprint density at radius 1 is 0.679 bits per heavy atom. The van der Waals surface area contributed by atoms with Gasteiger partial charge in [-0.05, 0) is 61.4 Å². The van der Waals surface area contributed by atoms with Gasteiger partial charge < -0.3 is 9.47 Å². The molecule has 0 spiro atoms. The van der Waals surface area contributed by atoms with E-state index in [0.717, 1.165) is 37.2 Å². The molecule has 0 aromatic heterocycles.